The van der Waals surface area contributed by atoms with Crippen LogP contribution in [0.3, 0.4) is 0 Å². The highest BCUT2D eigenvalue weighted by Crippen LogP contribution is 2.19. The monoisotopic (exact) mass is 274 g/mol. The van der Waals surface area contributed by atoms with Gasteiger partial charge in [0, 0.05) is 19.5 Å². The molecule has 1 fully saturated rings. The highest BCUT2D eigenvalue weighted by atomic mass is 16.2. The maximum Gasteiger partial charge on any atom is 0.249 e. The Morgan fingerprint density at radius 1 is 1.25 bits per heavy atom. The molecule has 2 amide bonds. The van der Waals surface area contributed by atoms with Crippen molar-refractivity contribution in [2.24, 2.45) is 5.92 Å². The van der Waals surface area contributed by atoms with Crippen LogP contribution in [0.4, 0.5) is 0 Å². The summed E-state index contributed by atoms with van der Waals surface area (Å²) in [5.41, 5.74) is 0.849. The quantitative estimate of drug-likeness (QED) is 0.914. The number of amides is 2. The maximum atomic E-state index is 12.6. The van der Waals surface area contributed by atoms with Gasteiger partial charge in [-0.1, -0.05) is 44.2 Å². The van der Waals surface area contributed by atoms with E-state index in [4.69, 9.17) is 0 Å². The van der Waals surface area contributed by atoms with Crippen LogP contribution in [0.1, 0.15) is 38.3 Å². The summed E-state index contributed by atoms with van der Waals surface area (Å²) >= 11 is 0. The molecule has 1 aromatic carbocycles. The minimum atomic E-state index is -0.543. The van der Waals surface area contributed by atoms with E-state index in [9.17, 15) is 9.59 Å². The van der Waals surface area contributed by atoms with Gasteiger partial charge in [0.25, 0.3) is 0 Å². The predicted molar refractivity (Wildman–Crippen MR) is 78.0 cm³/mol. The van der Waals surface area contributed by atoms with Crippen LogP contribution in [0, 0.1) is 5.92 Å². The molecule has 1 atom stereocenters. The van der Waals surface area contributed by atoms with Crippen LogP contribution in [0.5, 0.6) is 0 Å². The average molecular weight is 274 g/mol. The Kier molecular flexibility index (Phi) is 4.77. The Morgan fingerprint density at radius 2 is 1.95 bits per heavy atom. The van der Waals surface area contributed by atoms with Crippen molar-refractivity contribution in [3.8, 4) is 0 Å². The number of nitrogens with zero attached hydrogens (tertiary/aromatic N) is 1. The van der Waals surface area contributed by atoms with Crippen LogP contribution >= 0.6 is 0 Å². The van der Waals surface area contributed by atoms with Crippen molar-refractivity contribution < 1.29 is 9.59 Å². The van der Waals surface area contributed by atoms with Crippen LogP contribution in [0.15, 0.2) is 30.3 Å². The van der Waals surface area contributed by atoms with Crippen molar-refractivity contribution in [3.05, 3.63) is 35.9 Å². The number of hydrogen-bond donors (Lipinski definition) is 1. The average Bonchev–Trinajstić information content (AvgIpc) is 2.58. The van der Waals surface area contributed by atoms with Crippen molar-refractivity contribution in [3.63, 3.8) is 0 Å². The molecule has 0 bridgehead atoms. The summed E-state index contributed by atoms with van der Waals surface area (Å²) in [7, 11) is 0. The zero-order valence-corrected chi connectivity index (χ0v) is 12.1. The summed E-state index contributed by atoms with van der Waals surface area (Å²) in [5.74, 6) is 0.492. The first-order valence-corrected chi connectivity index (χ1v) is 7.21. The smallest absolute Gasteiger partial charge is 0.249 e. The molecule has 4 nitrogen and oxygen atoms in total. The third kappa shape index (κ3) is 3.59. The lowest BCUT2D eigenvalue weighted by Gasteiger charge is -2.25. The van der Waals surface area contributed by atoms with Gasteiger partial charge in [-0.25, -0.2) is 0 Å². The summed E-state index contributed by atoms with van der Waals surface area (Å²) in [5, 5.41) is 2.83. The molecule has 0 aromatic heterocycles. The molecule has 1 aliphatic rings. The summed E-state index contributed by atoms with van der Waals surface area (Å²) < 4.78 is 0. The lowest BCUT2D eigenvalue weighted by Crippen LogP contribution is -2.39. The first-order valence-electron chi connectivity index (χ1n) is 7.21. The third-order valence-corrected chi connectivity index (χ3v) is 3.58. The van der Waals surface area contributed by atoms with E-state index in [1.165, 1.54) is 0 Å². The second kappa shape index (κ2) is 6.55. The van der Waals surface area contributed by atoms with Crippen molar-refractivity contribution in [1.82, 2.24) is 10.2 Å². The fourth-order valence-corrected chi connectivity index (χ4v) is 2.33. The van der Waals surface area contributed by atoms with Crippen LogP contribution in [-0.4, -0.2) is 29.8 Å². The molecule has 1 N–H and O–H groups in total. The molecule has 1 aromatic rings. The fourth-order valence-electron chi connectivity index (χ4n) is 2.33. The molecule has 0 radical (unpaired) electrons. The Balaban J connectivity index is 2.17. The molecular formula is C16H22N2O2. The molecule has 108 valence electrons. The number of carbonyl (C=O) groups is 2. The molecular weight excluding hydrogens is 252 g/mol. The third-order valence-electron chi connectivity index (χ3n) is 3.58. The fraction of sp³-hybridized carbons (Fsp3) is 0.500. The molecule has 1 aliphatic heterocycles. The highest BCUT2D eigenvalue weighted by molar-refractivity contribution is 5.90. The van der Waals surface area contributed by atoms with E-state index in [0.29, 0.717) is 18.9 Å². The van der Waals surface area contributed by atoms with Gasteiger partial charge < -0.3 is 10.2 Å². The first-order chi connectivity index (χ1) is 9.58. The molecule has 4 heteroatoms. The number of hydrogen-bond acceptors (Lipinski definition) is 2. The van der Waals surface area contributed by atoms with E-state index in [2.05, 4.69) is 19.2 Å². The van der Waals surface area contributed by atoms with Gasteiger partial charge in [-0.05, 0) is 17.9 Å². The first kappa shape index (κ1) is 14.6. The molecule has 2 rings (SSSR count). The molecule has 0 spiro atoms. The lowest BCUT2D eigenvalue weighted by molar-refractivity contribution is -0.133. The Bertz CT molecular complexity index is 471. The number of carbonyl (C=O) groups excluding carboxylic acids is 2. The maximum absolute atomic E-state index is 12.6. The Labute approximate surface area is 120 Å². The zero-order valence-electron chi connectivity index (χ0n) is 12.1. The Morgan fingerprint density at radius 3 is 2.60 bits per heavy atom. The van der Waals surface area contributed by atoms with Gasteiger partial charge in [-0.2, -0.15) is 0 Å². The van der Waals surface area contributed by atoms with Gasteiger partial charge >= 0.3 is 0 Å². The van der Waals surface area contributed by atoms with Gasteiger partial charge in [0.15, 0.2) is 0 Å². The summed E-state index contributed by atoms with van der Waals surface area (Å²) in [6.45, 7) is 5.51. The second-order valence-corrected chi connectivity index (χ2v) is 5.67. The predicted octanol–water partition coefficient (Wildman–Crippen LogP) is 2.12. The minimum Gasteiger partial charge on any atom is -0.340 e. The van der Waals surface area contributed by atoms with Crippen molar-refractivity contribution in [2.45, 2.75) is 32.7 Å². The molecule has 1 saturated heterocycles. The molecule has 20 heavy (non-hydrogen) atoms. The van der Waals surface area contributed by atoms with Gasteiger partial charge in [-0.3, -0.25) is 9.59 Å². The van der Waals surface area contributed by atoms with Crippen LogP contribution in [0.25, 0.3) is 0 Å². The van der Waals surface area contributed by atoms with Crippen molar-refractivity contribution in [2.75, 3.05) is 13.1 Å². The Hall–Kier alpha value is -1.84. The topological polar surface area (TPSA) is 49.4 Å². The number of rotatable bonds is 4. The van der Waals surface area contributed by atoms with Crippen molar-refractivity contribution >= 4 is 11.8 Å². The second-order valence-electron chi connectivity index (χ2n) is 5.67. The van der Waals surface area contributed by atoms with Crippen LogP contribution in [0.2, 0.25) is 0 Å². The van der Waals surface area contributed by atoms with Gasteiger partial charge in [0.2, 0.25) is 11.8 Å². The largest absolute Gasteiger partial charge is 0.340 e. The normalized spacial score (nSPS) is 19.9. The standard InChI is InChI=1S/C16H22N2O2/c1-12(2)8-10-18-11-9-14(19)17-15(16(18)20)13-6-4-3-5-7-13/h3-7,12,15H,8-11H2,1-2H3,(H,17,19). The minimum absolute atomic E-state index is 0.00250. The SMILES string of the molecule is CC(C)CCN1CCC(=O)NC(c2ccccc2)C1=O. The number of nitrogens with one attached hydrogen (secondary N) is 1. The summed E-state index contributed by atoms with van der Waals surface area (Å²) in [6.07, 6.45) is 1.34. The van der Waals surface area contributed by atoms with Gasteiger partial charge in [0.1, 0.15) is 6.04 Å². The van der Waals surface area contributed by atoms with E-state index >= 15 is 0 Å². The molecule has 1 unspecified atom stereocenters. The highest BCUT2D eigenvalue weighted by Gasteiger charge is 2.30. The molecule has 0 saturated carbocycles. The molecule has 1 heterocycles. The van der Waals surface area contributed by atoms with E-state index in [1.54, 1.807) is 0 Å². The summed E-state index contributed by atoms with van der Waals surface area (Å²) in [4.78, 5) is 26.2. The van der Waals surface area contributed by atoms with E-state index < -0.39 is 6.04 Å². The van der Waals surface area contributed by atoms with Crippen LogP contribution < -0.4 is 5.32 Å². The van der Waals surface area contributed by atoms with Crippen LogP contribution in [-0.2, 0) is 9.59 Å². The number of benzene rings is 1. The van der Waals surface area contributed by atoms with E-state index in [-0.39, 0.29) is 11.8 Å². The zero-order chi connectivity index (χ0) is 14.5. The molecule has 0 aliphatic carbocycles. The van der Waals surface area contributed by atoms with Gasteiger partial charge in [-0.15, -0.1) is 0 Å². The summed E-state index contributed by atoms with van der Waals surface area (Å²) in [6, 6.07) is 8.90. The van der Waals surface area contributed by atoms with E-state index in [1.807, 2.05) is 35.2 Å². The van der Waals surface area contributed by atoms with Crippen molar-refractivity contribution in [1.29, 1.82) is 0 Å². The van der Waals surface area contributed by atoms with Gasteiger partial charge in [0.05, 0.1) is 0 Å². The lowest BCUT2D eigenvalue weighted by atomic mass is 10.1. The van der Waals surface area contributed by atoms with E-state index in [0.717, 1.165) is 18.5 Å².